The van der Waals surface area contributed by atoms with Crippen LogP contribution in [0, 0.1) is 5.92 Å². The van der Waals surface area contributed by atoms with Gasteiger partial charge in [-0.25, -0.2) is 4.79 Å². The van der Waals surface area contributed by atoms with Gasteiger partial charge in [-0.2, -0.15) is 0 Å². The first-order valence-electron chi connectivity index (χ1n) is 7.70. The Morgan fingerprint density at radius 3 is 2.52 bits per heavy atom. The third kappa shape index (κ3) is 4.31. The number of unbranched alkanes of at least 4 members (excludes halogenated alkanes) is 1. The Hall–Kier alpha value is -1.84. The van der Waals surface area contributed by atoms with Crippen molar-refractivity contribution in [3.8, 4) is 0 Å². The number of benzene rings is 1. The van der Waals surface area contributed by atoms with E-state index in [4.69, 9.17) is 0 Å². The summed E-state index contributed by atoms with van der Waals surface area (Å²) in [6, 6.07) is 9.94. The number of urea groups is 1. The van der Waals surface area contributed by atoms with Gasteiger partial charge >= 0.3 is 6.03 Å². The highest BCUT2D eigenvalue weighted by atomic mass is 16.2. The van der Waals surface area contributed by atoms with Gasteiger partial charge < -0.3 is 5.32 Å². The Morgan fingerprint density at radius 2 is 1.90 bits per heavy atom. The van der Waals surface area contributed by atoms with Gasteiger partial charge in [0.1, 0.15) is 6.04 Å². The topological polar surface area (TPSA) is 49.4 Å². The van der Waals surface area contributed by atoms with Gasteiger partial charge in [-0.15, -0.1) is 0 Å². The van der Waals surface area contributed by atoms with E-state index in [0.29, 0.717) is 5.92 Å². The number of nitrogens with one attached hydrogen (secondary N) is 1. The summed E-state index contributed by atoms with van der Waals surface area (Å²) in [5, 5.41) is 2.72. The van der Waals surface area contributed by atoms with Gasteiger partial charge in [-0.3, -0.25) is 9.69 Å². The molecule has 2 rings (SSSR count). The normalized spacial score (nSPS) is 19.7. The number of hydrogen-bond acceptors (Lipinski definition) is 2. The molecule has 3 amide bonds. The second-order valence-corrected chi connectivity index (χ2v) is 5.98. The van der Waals surface area contributed by atoms with Crippen molar-refractivity contribution in [2.75, 3.05) is 7.05 Å². The van der Waals surface area contributed by atoms with Crippen LogP contribution in [0.2, 0.25) is 0 Å². The van der Waals surface area contributed by atoms with Crippen molar-refractivity contribution in [2.24, 2.45) is 5.92 Å². The molecule has 4 heteroatoms. The van der Waals surface area contributed by atoms with E-state index in [1.165, 1.54) is 17.5 Å². The smallest absolute Gasteiger partial charge is 0.324 e. The summed E-state index contributed by atoms with van der Waals surface area (Å²) < 4.78 is 0. The van der Waals surface area contributed by atoms with E-state index < -0.39 is 0 Å². The lowest BCUT2D eigenvalue weighted by molar-refractivity contribution is -0.126. The second kappa shape index (κ2) is 7.25. The molecular formula is C17H24N2O2. The van der Waals surface area contributed by atoms with Gasteiger partial charge in [0.05, 0.1) is 0 Å². The van der Waals surface area contributed by atoms with Crippen molar-refractivity contribution in [1.82, 2.24) is 10.2 Å². The number of likely N-dealkylation sites (N-methyl/N-ethyl adjacent to an activating group) is 1. The van der Waals surface area contributed by atoms with Gasteiger partial charge in [0.2, 0.25) is 0 Å². The molecule has 0 radical (unpaired) electrons. The molecular weight excluding hydrogens is 264 g/mol. The molecule has 0 spiro atoms. The second-order valence-electron chi connectivity index (χ2n) is 5.98. The van der Waals surface area contributed by atoms with E-state index in [1.54, 1.807) is 0 Å². The minimum Gasteiger partial charge on any atom is -0.326 e. The summed E-state index contributed by atoms with van der Waals surface area (Å²) in [6.45, 7) is 2.27. The molecule has 1 N–H and O–H groups in total. The molecule has 1 saturated heterocycles. The molecule has 0 aliphatic carbocycles. The summed E-state index contributed by atoms with van der Waals surface area (Å²) in [5.41, 5.74) is 1.38. The van der Waals surface area contributed by atoms with Crippen molar-refractivity contribution in [3.05, 3.63) is 35.9 Å². The highest BCUT2D eigenvalue weighted by molar-refractivity contribution is 6.03. The first kappa shape index (κ1) is 15.5. The van der Waals surface area contributed by atoms with Crippen LogP contribution >= 0.6 is 0 Å². The highest BCUT2D eigenvalue weighted by Crippen LogP contribution is 2.17. The third-order valence-corrected chi connectivity index (χ3v) is 4.10. The molecule has 1 aliphatic heterocycles. The minimum absolute atomic E-state index is 0.0997. The number of carbonyl (C=O) groups is 2. The average Bonchev–Trinajstić information content (AvgIpc) is 2.72. The lowest BCUT2D eigenvalue weighted by atomic mass is 9.95. The van der Waals surface area contributed by atoms with Crippen LogP contribution < -0.4 is 5.32 Å². The maximum Gasteiger partial charge on any atom is 0.324 e. The van der Waals surface area contributed by atoms with E-state index >= 15 is 0 Å². The van der Waals surface area contributed by atoms with Gasteiger partial charge in [0.15, 0.2) is 0 Å². The number of hydrogen-bond donors (Lipinski definition) is 1. The molecule has 1 aromatic carbocycles. The zero-order valence-corrected chi connectivity index (χ0v) is 12.8. The van der Waals surface area contributed by atoms with Gasteiger partial charge in [-0.05, 0) is 24.3 Å². The molecule has 0 bridgehead atoms. The number of nitrogens with zero attached hydrogens (tertiary/aromatic N) is 1. The van der Waals surface area contributed by atoms with E-state index in [-0.39, 0.29) is 18.0 Å². The molecule has 2 atom stereocenters. The Kier molecular flexibility index (Phi) is 5.37. The van der Waals surface area contributed by atoms with E-state index in [9.17, 15) is 9.59 Å². The van der Waals surface area contributed by atoms with Crippen molar-refractivity contribution in [2.45, 2.75) is 45.1 Å². The molecule has 0 saturated carbocycles. The van der Waals surface area contributed by atoms with Crippen LogP contribution in [0.25, 0.3) is 0 Å². The lowest BCUT2D eigenvalue weighted by Crippen LogP contribution is -2.28. The monoisotopic (exact) mass is 288 g/mol. The van der Waals surface area contributed by atoms with Crippen molar-refractivity contribution in [3.63, 3.8) is 0 Å². The van der Waals surface area contributed by atoms with Crippen LogP contribution in [-0.2, 0) is 11.2 Å². The number of carbonyl (C=O) groups excluding carboxylic acids is 2. The van der Waals surface area contributed by atoms with E-state index in [0.717, 1.165) is 32.1 Å². The van der Waals surface area contributed by atoms with Crippen LogP contribution in [0.3, 0.4) is 0 Å². The number of rotatable bonds is 7. The first-order valence-corrected chi connectivity index (χ1v) is 7.70. The summed E-state index contributed by atoms with van der Waals surface area (Å²) >= 11 is 0. The van der Waals surface area contributed by atoms with Gasteiger partial charge in [-0.1, -0.05) is 56.5 Å². The van der Waals surface area contributed by atoms with E-state index in [2.05, 4.69) is 36.5 Å². The van der Waals surface area contributed by atoms with Crippen LogP contribution in [0.5, 0.6) is 0 Å². The summed E-state index contributed by atoms with van der Waals surface area (Å²) in [5.74, 6) is 0.543. The first-order chi connectivity index (χ1) is 10.1. The number of imide groups is 1. The molecule has 1 aliphatic rings. The molecule has 2 unspecified atom stereocenters. The Labute approximate surface area is 126 Å². The molecule has 1 fully saturated rings. The predicted molar refractivity (Wildman–Crippen MR) is 82.9 cm³/mol. The molecule has 21 heavy (non-hydrogen) atoms. The molecule has 4 nitrogen and oxygen atoms in total. The fourth-order valence-corrected chi connectivity index (χ4v) is 2.80. The molecule has 1 heterocycles. The molecule has 114 valence electrons. The zero-order chi connectivity index (χ0) is 15.2. The fraction of sp³-hybridized carbons (Fsp3) is 0.529. The maximum absolute atomic E-state index is 11.7. The fourth-order valence-electron chi connectivity index (χ4n) is 2.80. The largest absolute Gasteiger partial charge is 0.326 e. The highest BCUT2D eigenvalue weighted by Gasteiger charge is 2.34. The molecule has 0 aromatic heterocycles. The van der Waals surface area contributed by atoms with Crippen LogP contribution in [0.4, 0.5) is 4.79 Å². The van der Waals surface area contributed by atoms with Crippen LogP contribution in [-0.4, -0.2) is 29.9 Å². The Bertz CT molecular complexity index is 487. The van der Waals surface area contributed by atoms with Gasteiger partial charge in [0.25, 0.3) is 5.91 Å². The Balaban J connectivity index is 1.64. The predicted octanol–water partition coefficient (Wildman–Crippen LogP) is 2.98. The summed E-state index contributed by atoms with van der Waals surface area (Å²) in [7, 11) is 1.53. The lowest BCUT2D eigenvalue weighted by Gasteiger charge is -2.12. The maximum atomic E-state index is 11.7. The SMILES string of the molecule is CC(CCCCC1NC(=O)N(C)C1=O)Cc1ccccc1. The zero-order valence-electron chi connectivity index (χ0n) is 12.8. The number of amides is 3. The van der Waals surface area contributed by atoms with Crippen molar-refractivity contribution < 1.29 is 9.59 Å². The van der Waals surface area contributed by atoms with Crippen molar-refractivity contribution >= 4 is 11.9 Å². The standard InChI is InChI=1S/C17H24N2O2/c1-13(12-14-9-4-3-5-10-14)8-6-7-11-15-16(20)19(2)17(21)18-15/h3-5,9-10,13,15H,6-8,11-12H2,1-2H3,(H,18,21). The quantitative estimate of drug-likeness (QED) is 0.619. The summed E-state index contributed by atoms with van der Waals surface area (Å²) in [4.78, 5) is 24.2. The van der Waals surface area contributed by atoms with Crippen molar-refractivity contribution in [1.29, 1.82) is 0 Å². The van der Waals surface area contributed by atoms with Crippen LogP contribution in [0.1, 0.15) is 38.2 Å². The average molecular weight is 288 g/mol. The Morgan fingerprint density at radius 1 is 1.19 bits per heavy atom. The minimum atomic E-state index is -0.313. The summed E-state index contributed by atoms with van der Waals surface area (Å²) in [6.07, 6.45) is 5.07. The molecule has 1 aromatic rings. The van der Waals surface area contributed by atoms with E-state index in [1.807, 2.05) is 6.07 Å². The third-order valence-electron chi connectivity index (χ3n) is 4.10. The van der Waals surface area contributed by atoms with Gasteiger partial charge in [0, 0.05) is 7.05 Å². The van der Waals surface area contributed by atoms with Crippen LogP contribution in [0.15, 0.2) is 30.3 Å².